The van der Waals surface area contributed by atoms with Crippen molar-refractivity contribution >= 4 is 16.9 Å². The first-order chi connectivity index (χ1) is 7.22. The van der Waals surface area contributed by atoms with Crippen molar-refractivity contribution < 1.29 is 9.53 Å². The van der Waals surface area contributed by atoms with Gasteiger partial charge in [-0.3, -0.25) is 0 Å². The molecule has 0 atom stereocenters. The number of aryl methyl sites for hydroxylation is 1. The molecular weight excluding hydrogens is 190 g/mol. The summed E-state index contributed by atoms with van der Waals surface area (Å²) >= 11 is 0. The van der Waals surface area contributed by atoms with E-state index >= 15 is 0 Å². The number of carbonyl (C=O) groups excluding carboxylic acids is 1. The van der Waals surface area contributed by atoms with Gasteiger partial charge >= 0.3 is 5.97 Å². The van der Waals surface area contributed by atoms with Gasteiger partial charge in [-0.05, 0) is 18.6 Å². The number of rotatable bonds is 2. The molecular formula is C12H11NO2. The molecule has 2 aromatic rings. The number of hydrogen-bond donors (Lipinski definition) is 1. The van der Waals surface area contributed by atoms with Crippen molar-refractivity contribution in [1.29, 1.82) is 0 Å². The van der Waals surface area contributed by atoms with E-state index < -0.39 is 5.97 Å². The van der Waals surface area contributed by atoms with Crippen molar-refractivity contribution in [3.63, 3.8) is 0 Å². The average Bonchev–Trinajstić information content (AvgIpc) is 2.62. The van der Waals surface area contributed by atoms with E-state index in [2.05, 4.69) is 11.6 Å². The first-order valence-electron chi connectivity index (χ1n) is 4.63. The predicted molar refractivity (Wildman–Crippen MR) is 58.9 cm³/mol. The SMILES string of the molecule is C=CC(=O)Oc1cccc2c(C)c[nH]c12. The number of fused-ring (bicyclic) bond motifs is 1. The summed E-state index contributed by atoms with van der Waals surface area (Å²) in [5.74, 6) is 0.0836. The third-order valence-corrected chi connectivity index (χ3v) is 2.26. The van der Waals surface area contributed by atoms with Crippen LogP contribution in [-0.4, -0.2) is 11.0 Å². The van der Waals surface area contributed by atoms with E-state index in [0.717, 1.165) is 22.5 Å². The van der Waals surface area contributed by atoms with Crippen molar-refractivity contribution in [2.75, 3.05) is 0 Å². The number of aromatic amines is 1. The fraction of sp³-hybridized carbons (Fsp3) is 0.0833. The van der Waals surface area contributed by atoms with Gasteiger partial charge in [-0.2, -0.15) is 0 Å². The molecule has 1 heterocycles. The average molecular weight is 201 g/mol. The summed E-state index contributed by atoms with van der Waals surface area (Å²) in [6.07, 6.45) is 3.03. The van der Waals surface area contributed by atoms with Gasteiger partial charge < -0.3 is 9.72 Å². The zero-order valence-corrected chi connectivity index (χ0v) is 8.41. The molecule has 3 heteroatoms. The Bertz CT molecular complexity index is 525. The van der Waals surface area contributed by atoms with Gasteiger partial charge in [-0.1, -0.05) is 18.7 Å². The quantitative estimate of drug-likeness (QED) is 0.461. The third kappa shape index (κ3) is 1.64. The molecule has 0 fully saturated rings. The van der Waals surface area contributed by atoms with E-state index in [4.69, 9.17) is 4.74 Å². The fourth-order valence-electron chi connectivity index (χ4n) is 1.50. The van der Waals surface area contributed by atoms with Crippen molar-refractivity contribution in [1.82, 2.24) is 4.98 Å². The summed E-state index contributed by atoms with van der Waals surface area (Å²) in [6, 6.07) is 5.58. The van der Waals surface area contributed by atoms with Crippen LogP contribution < -0.4 is 4.74 Å². The minimum absolute atomic E-state index is 0.449. The number of carbonyl (C=O) groups is 1. The third-order valence-electron chi connectivity index (χ3n) is 2.26. The summed E-state index contributed by atoms with van der Waals surface area (Å²) in [6.45, 7) is 5.36. The molecule has 0 aliphatic heterocycles. The van der Waals surface area contributed by atoms with Gasteiger partial charge in [0.2, 0.25) is 0 Å². The van der Waals surface area contributed by atoms with Crippen LogP contribution >= 0.6 is 0 Å². The molecule has 0 radical (unpaired) electrons. The second kappa shape index (κ2) is 3.61. The Hall–Kier alpha value is -2.03. The molecule has 0 amide bonds. The summed E-state index contributed by atoms with van der Waals surface area (Å²) in [4.78, 5) is 14.2. The molecule has 1 aromatic carbocycles. The standard InChI is InChI=1S/C12H11NO2/c1-3-11(14)15-10-6-4-5-9-8(2)7-13-12(9)10/h3-7,13H,1H2,2H3. The highest BCUT2D eigenvalue weighted by molar-refractivity contribution is 5.92. The second-order valence-electron chi connectivity index (χ2n) is 3.28. The zero-order chi connectivity index (χ0) is 10.8. The fourth-order valence-corrected chi connectivity index (χ4v) is 1.50. The Morgan fingerprint density at radius 2 is 2.33 bits per heavy atom. The first-order valence-corrected chi connectivity index (χ1v) is 4.63. The van der Waals surface area contributed by atoms with Crippen LogP contribution in [0.4, 0.5) is 0 Å². The van der Waals surface area contributed by atoms with Crippen molar-refractivity contribution in [3.05, 3.63) is 42.6 Å². The minimum Gasteiger partial charge on any atom is -0.421 e. The number of nitrogens with one attached hydrogen (secondary N) is 1. The highest BCUT2D eigenvalue weighted by Gasteiger charge is 2.07. The normalized spacial score (nSPS) is 10.2. The van der Waals surface area contributed by atoms with Gasteiger partial charge in [0.25, 0.3) is 0 Å². The highest BCUT2D eigenvalue weighted by atomic mass is 16.5. The van der Waals surface area contributed by atoms with Crippen LogP contribution in [0, 0.1) is 6.92 Å². The van der Waals surface area contributed by atoms with Crippen LogP contribution in [0.5, 0.6) is 5.75 Å². The minimum atomic E-state index is -0.449. The molecule has 0 saturated carbocycles. The summed E-state index contributed by atoms with van der Waals surface area (Å²) in [7, 11) is 0. The summed E-state index contributed by atoms with van der Waals surface area (Å²) in [5, 5.41) is 1.06. The lowest BCUT2D eigenvalue weighted by molar-refractivity contribution is -0.128. The molecule has 0 aliphatic carbocycles. The predicted octanol–water partition coefficient (Wildman–Crippen LogP) is 2.57. The van der Waals surface area contributed by atoms with Crippen LogP contribution in [-0.2, 0) is 4.79 Å². The van der Waals surface area contributed by atoms with E-state index in [1.54, 1.807) is 6.07 Å². The molecule has 1 aromatic heterocycles. The molecule has 15 heavy (non-hydrogen) atoms. The monoisotopic (exact) mass is 201 g/mol. The lowest BCUT2D eigenvalue weighted by Crippen LogP contribution is -2.03. The van der Waals surface area contributed by atoms with E-state index in [0.29, 0.717) is 5.75 Å². The molecule has 0 unspecified atom stereocenters. The lowest BCUT2D eigenvalue weighted by Gasteiger charge is -2.02. The smallest absolute Gasteiger partial charge is 0.335 e. The Labute approximate surface area is 87.4 Å². The highest BCUT2D eigenvalue weighted by Crippen LogP contribution is 2.26. The Kier molecular flexibility index (Phi) is 2.29. The van der Waals surface area contributed by atoms with Crippen LogP contribution in [0.25, 0.3) is 10.9 Å². The van der Waals surface area contributed by atoms with Crippen LogP contribution in [0.1, 0.15) is 5.56 Å². The van der Waals surface area contributed by atoms with Gasteiger partial charge in [0.15, 0.2) is 5.75 Å². The molecule has 0 spiro atoms. The summed E-state index contributed by atoms with van der Waals surface area (Å²) < 4.78 is 5.10. The maximum atomic E-state index is 11.1. The molecule has 76 valence electrons. The number of benzene rings is 1. The van der Waals surface area contributed by atoms with E-state index in [-0.39, 0.29) is 0 Å². The molecule has 3 nitrogen and oxygen atoms in total. The Morgan fingerprint density at radius 3 is 3.07 bits per heavy atom. The van der Waals surface area contributed by atoms with Crippen LogP contribution in [0.2, 0.25) is 0 Å². The van der Waals surface area contributed by atoms with Crippen molar-refractivity contribution in [2.45, 2.75) is 6.92 Å². The van der Waals surface area contributed by atoms with E-state index in [9.17, 15) is 4.79 Å². The van der Waals surface area contributed by atoms with Crippen LogP contribution in [0.3, 0.4) is 0 Å². The number of hydrogen-bond acceptors (Lipinski definition) is 2. The Morgan fingerprint density at radius 1 is 1.53 bits per heavy atom. The van der Waals surface area contributed by atoms with Gasteiger partial charge in [0.05, 0.1) is 5.52 Å². The summed E-state index contributed by atoms with van der Waals surface area (Å²) in [5.41, 5.74) is 1.96. The van der Waals surface area contributed by atoms with Crippen molar-refractivity contribution in [3.8, 4) is 5.75 Å². The number of para-hydroxylation sites is 1. The van der Waals surface area contributed by atoms with Gasteiger partial charge in [0.1, 0.15) is 0 Å². The van der Waals surface area contributed by atoms with Gasteiger partial charge in [0, 0.05) is 17.7 Å². The number of esters is 1. The van der Waals surface area contributed by atoms with Crippen molar-refractivity contribution in [2.24, 2.45) is 0 Å². The molecule has 0 saturated heterocycles. The molecule has 2 rings (SSSR count). The maximum absolute atomic E-state index is 11.1. The molecule has 0 bridgehead atoms. The Balaban J connectivity index is 2.51. The largest absolute Gasteiger partial charge is 0.421 e. The van der Waals surface area contributed by atoms with Gasteiger partial charge in [-0.25, -0.2) is 4.79 Å². The number of aromatic nitrogens is 1. The molecule has 1 N–H and O–H groups in total. The lowest BCUT2D eigenvalue weighted by atomic mass is 10.2. The zero-order valence-electron chi connectivity index (χ0n) is 8.41. The van der Waals surface area contributed by atoms with E-state index in [1.165, 1.54) is 0 Å². The number of H-pyrrole nitrogens is 1. The number of ether oxygens (including phenoxy) is 1. The topological polar surface area (TPSA) is 42.1 Å². The van der Waals surface area contributed by atoms with Gasteiger partial charge in [-0.15, -0.1) is 0 Å². The maximum Gasteiger partial charge on any atom is 0.335 e. The van der Waals surface area contributed by atoms with E-state index in [1.807, 2.05) is 25.3 Å². The van der Waals surface area contributed by atoms with Crippen LogP contribution in [0.15, 0.2) is 37.1 Å². The molecule has 0 aliphatic rings. The first kappa shape index (κ1) is 9.52. The second-order valence-corrected chi connectivity index (χ2v) is 3.28.